The van der Waals surface area contributed by atoms with Crippen LogP contribution in [0.25, 0.3) is 6.08 Å². The van der Waals surface area contributed by atoms with Gasteiger partial charge < -0.3 is 19.7 Å². The van der Waals surface area contributed by atoms with E-state index in [-0.39, 0.29) is 5.91 Å². The van der Waals surface area contributed by atoms with Crippen molar-refractivity contribution >= 4 is 12.0 Å². The van der Waals surface area contributed by atoms with E-state index in [4.69, 9.17) is 9.47 Å². The maximum Gasteiger partial charge on any atom is 0.250 e. The Morgan fingerprint density at radius 1 is 1.40 bits per heavy atom. The zero-order valence-electron chi connectivity index (χ0n) is 15.2. The molecule has 2 aliphatic heterocycles. The molecular formula is C20H28N2O3. The molecule has 2 heterocycles. The van der Waals surface area contributed by atoms with Crippen LogP contribution in [0, 0.1) is 0 Å². The molecule has 5 heteroatoms. The van der Waals surface area contributed by atoms with Gasteiger partial charge in [0.1, 0.15) is 18.1 Å². The smallest absolute Gasteiger partial charge is 0.250 e. The van der Waals surface area contributed by atoms with Crippen LogP contribution in [0.15, 0.2) is 23.8 Å². The van der Waals surface area contributed by atoms with Gasteiger partial charge in [-0.3, -0.25) is 4.79 Å². The van der Waals surface area contributed by atoms with Crippen LogP contribution in [0.3, 0.4) is 0 Å². The highest BCUT2D eigenvalue weighted by Gasteiger charge is 2.19. The minimum absolute atomic E-state index is 0.0415. The Bertz CT molecular complexity index is 642. The Kier molecular flexibility index (Phi) is 5.97. The predicted molar refractivity (Wildman–Crippen MR) is 99.0 cm³/mol. The molecule has 2 aliphatic rings. The van der Waals surface area contributed by atoms with Crippen molar-refractivity contribution in [2.75, 3.05) is 33.4 Å². The van der Waals surface area contributed by atoms with E-state index in [0.717, 1.165) is 30.0 Å². The minimum atomic E-state index is -0.0415. The summed E-state index contributed by atoms with van der Waals surface area (Å²) in [5, 5.41) is 3.02. The number of ether oxygens (including phenoxy) is 2. The number of benzene rings is 1. The van der Waals surface area contributed by atoms with Crippen molar-refractivity contribution in [3.8, 4) is 11.5 Å². The van der Waals surface area contributed by atoms with Gasteiger partial charge in [0.05, 0.1) is 12.7 Å². The fourth-order valence-corrected chi connectivity index (χ4v) is 3.50. The SMILES string of the molecule is COc1ccc2c(c1)C=C(C(=O)NCCCN1CCCC[C@H]1C)CO2. The number of carbonyl (C=O) groups excluding carboxylic acids is 1. The van der Waals surface area contributed by atoms with E-state index in [9.17, 15) is 4.79 Å². The summed E-state index contributed by atoms with van der Waals surface area (Å²) in [5.74, 6) is 1.51. The molecule has 0 aromatic heterocycles. The molecule has 1 fully saturated rings. The summed E-state index contributed by atoms with van der Waals surface area (Å²) in [7, 11) is 1.63. The Labute approximate surface area is 150 Å². The fraction of sp³-hybridized carbons (Fsp3) is 0.550. The van der Waals surface area contributed by atoms with Crippen molar-refractivity contribution in [2.24, 2.45) is 0 Å². The molecule has 25 heavy (non-hydrogen) atoms. The number of carbonyl (C=O) groups is 1. The van der Waals surface area contributed by atoms with Crippen molar-refractivity contribution in [3.63, 3.8) is 0 Å². The van der Waals surface area contributed by atoms with Crippen LogP contribution >= 0.6 is 0 Å². The molecular weight excluding hydrogens is 316 g/mol. The highest BCUT2D eigenvalue weighted by Crippen LogP contribution is 2.29. The van der Waals surface area contributed by atoms with Crippen LogP contribution in [0.1, 0.15) is 38.2 Å². The average molecular weight is 344 g/mol. The van der Waals surface area contributed by atoms with Gasteiger partial charge in [0.25, 0.3) is 5.91 Å². The molecule has 1 saturated heterocycles. The number of hydrogen-bond acceptors (Lipinski definition) is 4. The largest absolute Gasteiger partial charge is 0.497 e. The zero-order chi connectivity index (χ0) is 17.6. The van der Waals surface area contributed by atoms with Crippen LogP contribution in [0.4, 0.5) is 0 Å². The standard InChI is InChI=1S/C20H28N2O3/c1-15-6-3-4-10-22(15)11-5-9-21-20(23)17-12-16-13-18(24-2)7-8-19(16)25-14-17/h7-8,12-13,15H,3-6,9-11,14H2,1-2H3,(H,21,23)/t15-/m1/s1. The molecule has 136 valence electrons. The molecule has 0 saturated carbocycles. The lowest BCUT2D eigenvalue weighted by molar-refractivity contribution is -0.117. The Morgan fingerprint density at radius 2 is 2.28 bits per heavy atom. The number of likely N-dealkylation sites (tertiary alicyclic amines) is 1. The molecule has 5 nitrogen and oxygen atoms in total. The van der Waals surface area contributed by atoms with E-state index in [1.807, 2.05) is 24.3 Å². The summed E-state index contributed by atoms with van der Waals surface area (Å²) in [6.07, 6.45) is 6.80. The second-order valence-corrected chi connectivity index (χ2v) is 6.85. The molecule has 1 atom stereocenters. The van der Waals surface area contributed by atoms with Crippen LogP contribution in [-0.2, 0) is 4.79 Å². The summed E-state index contributed by atoms with van der Waals surface area (Å²) in [4.78, 5) is 14.9. The second-order valence-electron chi connectivity index (χ2n) is 6.85. The Morgan fingerprint density at radius 3 is 3.08 bits per heavy atom. The molecule has 0 radical (unpaired) electrons. The maximum absolute atomic E-state index is 12.4. The highest BCUT2D eigenvalue weighted by molar-refractivity contribution is 5.99. The summed E-state index contributed by atoms with van der Waals surface area (Å²) in [5.41, 5.74) is 1.55. The lowest BCUT2D eigenvalue weighted by Gasteiger charge is -2.33. The van der Waals surface area contributed by atoms with Gasteiger partial charge in [-0.05, 0) is 57.0 Å². The topological polar surface area (TPSA) is 50.8 Å². The monoisotopic (exact) mass is 344 g/mol. The van der Waals surface area contributed by atoms with Gasteiger partial charge in [-0.15, -0.1) is 0 Å². The predicted octanol–water partition coefficient (Wildman–Crippen LogP) is 2.85. The maximum atomic E-state index is 12.4. The fourth-order valence-electron chi connectivity index (χ4n) is 3.50. The number of nitrogens with zero attached hydrogens (tertiary/aromatic N) is 1. The summed E-state index contributed by atoms with van der Waals surface area (Å²) in [6, 6.07) is 6.29. The Balaban J connectivity index is 1.49. The number of methoxy groups -OCH3 is 1. The molecule has 0 spiro atoms. The van der Waals surface area contributed by atoms with E-state index < -0.39 is 0 Å². The summed E-state index contributed by atoms with van der Waals surface area (Å²) >= 11 is 0. The highest BCUT2D eigenvalue weighted by atomic mass is 16.5. The third-order valence-corrected chi connectivity index (χ3v) is 5.07. The van der Waals surface area contributed by atoms with Crippen LogP contribution in [0.5, 0.6) is 11.5 Å². The van der Waals surface area contributed by atoms with Gasteiger partial charge in [-0.2, -0.15) is 0 Å². The Hall–Kier alpha value is -2.01. The first-order valence-corrected chi connectivity index (χ1v) is 9.21. The van der Waals surface area contributed by atoms with Crippen molar-refractivity contribution in [2.45, 2.75) is 38.6 Å². The van der Waals surface area contributed by atoms with Crippen LogP contribution in [-0.4, -0.2) is 50.2 Å². The third kappa shape index (κ3) is 4.54. The van der Waals surface area contributed by atoms with Gasteiger partial charge in [-0.1, -0.05) is 6.42 Å². The molecule has 0 aliphatic carbocycles. The van der Waals surface area contributed by atoms with Gasteiger partial charge >= 0.3 is 0 Å². The van der Waals surface area contributed by atoms with Crippen LogP contribution < -0.4 is 14.8 Å². The molecule has 1 N–H and O–H groups in total. The van der Waals surface area contributed by atoms with Crippen LogP contribution in [0.2, 0.25) is 0 Å². The number of fused-ring (bicyclic) bond motifs is 1. The lowest BCUT2D eigenvalue weighted by Crippen LogP contribution is -2.39. The van der Waals surface area contributed by atoms with Gasteiger partial charge in [0, 0.05) is 24.7 Å². The van der Waals surface area contributed by atoms with E-state index >= 15 is 0 Å². The first-order chi connectivity index (χ1) is 12.2. The summed E-state index contributed by atoms with van der Waals surface area (Å²) in [6.45, 7) is 5.55. The molecule has 1 aromatic carbocycles. The van der Waals surface area contributed by atoms with E-state index in [1.54, 1.807) is 7.11 Å². The van der Waals surface area contributed by atoms with E-state index in [0.29, 0.717) is 24.8 Å². The molecule has 0 unspecified atom stereocenters. The lowest BCUT2D eigenvalue weighted by atomic mass is 10.0. The van der Waals surface area contributed by atoms with E-state index in [1.165, 1.54) is 25.8 Å². The normalized spacial score (nSPS) is 20.2. The third-order valence-electron chi connectivity index (χ3n) is 5.07. The van der Waals surface area contributed by atoms with Crippen molar-refractivity contribution < 1.29 is 14.3 Å². The van der Waals surface area contributed by atoms with Gasteiger partial charge in [-0.25, -0.2) is 0 Å². The molecule has 0 bridgehead atoms. The summed E-state index contributed by atoms with van der Waals surface area (Å²) < 4.78 is 10.9. The molecule has 3 rings (SSSR count). The number of amides is 1. The van der Waals surface area contributed by atoms with Crippen molar-refractivity contribution in [1.29, 1.82) is 0 Å². The number of rotatable bonds is 6. The zero-order valence-corrected chi connectivity index (χ0v) is 15.2. The first-order valence-electron chi connectivity index (χ1n) is 9.21. The number of piperidine rings is 1. The average Bonchev–Trinajstić information content (AvgIpc) is 2.65. The van der Waals surface area contributed by atoms with Crippen molar-refractivity contribution in [3.05, 3.63) is 29.3 Å². The van der Waals surface area contributed by atoms with Gasteiger partial charge in [0.2, 0.25) is 0 Å². The van der Waals surface area contributed by atoms with E-state index in [2.05, 4.69) is 17.1 Å². The van der Waals surface area contributed by atoms with Crippen molar-refractivity contribution in [1.82, 2.24) is 10.2 Å². The van der Waals surface area contributed by atoms with Gasteiger partial charge in [0.15, 0.2) is 0 Å². The molecule has 1 aromatic rings. The minimum Gasteiger partial charge on any atom is -0.497 e. The number of nitrogens with one attached hydrogen (secondary N) is 1. The first kappa shape index (κ1) is 17.8. The quantitative estimate of drug-likeness (QED) is 0.806. The number of hydrogen-bond donors (Lipinski definition) is 1. The second kappa shape index (κ2) is 8.39. The molecule has 1 amide bonds.